The van der Waals surface area contributed by atoms with Crippen LogP contribution in [0.1, 0.15) is 31.2 Å². The van der Waals surface area contributed by atoms with Crippen molar-refractivity contribution in [3.05, 3.63) is 35.9 Å². The van der Waals surface area contributed by atoms with E-state index in [0.717, 1.165) is 24.8 Å². The lowest BCUT2D eigenvalue weighted by Crippen LogP contribution is -2.52. The van der Waals surface area contributed by atoms with E-state index in [1.807, 2.05) is 30.3 Å². The third kappa shape index (κ3) is 4.34. The molecule has 7 nitrogen and oxygen atoms in total. The first-order chi connectivity index (χ1) is 12.6. The summed E-state index contributed by atoms with van der Waals surface area (Å²) in [6, 6.07) is 9.38. The Labute approximate surface area is 153 Å². The molecule has 4 atom stereocenters. The number of carboxylic acid groups (broad SMARTS) is 1. The molecule has 1 aliphatic heterocycles. The van der Waals surface area contributed by atoms with Gasteiger partial charge in [-0.1, -0.05) is 30.3 Å². The smallest absolute Gasteiger partial charge is 0.405 e. The monoisotopic (exact) mass is 362 g/mol. The van der Waals surface area contributed by atoms with E-state index in [1.165, 1.54) is 0 Å². The lowest BCUT2D eigenvalue weighted by atomic mass is 9.89. The number of nitrogens with one attached hydrogen (secondary N) is 1. The fraction of sp³-hybridized carbons (Fsp3) is 0.579. The number of hydrogen-bond acceptors (Lipinski definition) is 4. The largest absolute Gasteiger partial charge is 0.465 e. The van der Waals surface area contributed by atoms with Crippen LogP contribution in [0.3, 0.4) is 0 Å². The molecule has 1 aromatic rings. The van der Waals surface area contributed by atoms with Gasteiger partial charge in [0.1, 0.15) is 6.04 Å². The molecule has 1 heterocycles. The summed E-state index contributed by atoms with van der Waals surface area (Å²) in [7, 11) is 1.66. The fourth-order valence-electron chi connectivity index (χ4n) is 3.94. The molecular formula is C19H26N2O5. The van der Waals surface area contributed by atoms with Crippen molar-refractivity contribution in [2.45, 2.75) is 56.6 Å². The zero-order valence-corrected chi connectivity index (χ0v) is 15.0. The standard InChI is InChI=1S/C19H26N2O5/c1-25-17-11-14(26-12-13-5-3-2-4-6-13)7-8-16(17)21-10-9-15(18(21)22)20-19(23)24/h2-6,14-17,20H,7-12H2,1H3,(H,23,24)/t14-,15+,16-,17-/m1/s1. The van der Waals surface area contributed by atoms with Gasteiger partial charge in [0.25, 0.3) is 0 Å². The van der Waals surface area contributed by atoms with Gasteiger partial charge < -0.3 is 24.8 Å². The van der Waals surface area contributed by atoms with E-state index in [0.29, 0.717) is 19.6 Å². The highest BCUT2D eigenvalue weighted by Gasteiger charge is 2.42. The van der Waals surface area contributed by atoms with Gasteiger partial charge in [-0.05, 0) is 24.8 Å². The maximum Gasteiger partial charge on any atom is 0.405 e. The van der Waals surface area contributed by atoms with E-state index in [-0.39, 0.29) is 24.2 Å². The molecule has 2 amide bonds. The van der Waals surface area contributed by atoms with Gasteiger partial charge in [-0.15, -0.1) is 0 Å². The van der Waals surface area contributed by atoms with Gasteiger partial charge in [0.05, 0.1) is 24.9 Å². The SMILES string of the molecule is CO[C@@H]1C[C@H](OCc2ccccc2)CC[C@H]1N1CC[C@H](NC(=O)O)C1=O. The molecule has 1 aliphatic carbocycles. The average Bonchev–Trinajstić information content (AvgIpc) is 3.00. The second kappa shape index (κ2) is 8.51. The van der Waals surface area contributed by atoms with Crippen LogP contribution in [0.25, 0.3) is 0 Å². The molecule has 1 aromatic carbocycles. The highest BCUT2D eigenvalue weighted by atomic mass is 16.5. The highest BCUT2D eigenvalue weighted by molar-refractivity contribution is 5.87. The zero-order chi connectivity index (χ0) is 18.5. The maximum atomic E-state index is 12.5. The van der Waals surface area contributed by atoms with Crippen LogP contribution in [0.4, 0.5) is 4.79 Å². The quantitative estimate of drug-likeness (QED) is 0.808. The minimum Gasteiger partial charge on any atom is -0.465 e. The topological polar surface area (TPSA) is 88.1 Å². The molecule has 0 spiro atoms. The Hall–Kier alpha value is -2.12. The minimum atomic E-state index is -1.16. The highest BCUT2D eigenvalue weighted by Crippen LogP contribution is 2.30. The molecule has 1 saturated carbocycles. The number of likely N-dealkylation sites (tertiary alicyclic amines) is 1. The van der Waals surface area contributed by atoms with Crippen molar-refractivity contribution in [1.82, 2.24) is 10.2 Å². The summed E-state index contributed by atoms with van der Waals surface area (Å²) >= 11 is 0. The fourth-order valence-corrected chi connectivity index (χ4v) is 3.94. The number of hydrogen-bond donors (Lipinski definition) is 2. The van der Waals surface area contributed by atoms with Crippen LogP contribution in [-0.4, -0.2) is 60.0 Å². The van der Waals surface area contributed by atoms with Gasteiger partial charge in [0.2, 0.25) is 5.91 Å². The van der Waals surface area contributed by atoms with Crippen molar-refractivity contribution in [2.75, 3.05) is 13.7 Å². The number of methoxy groups -OCH3 is 1. The Morgan fingerprint density at radius 2 is 2.04 bits per heavy atom. The van der Waals surface area contributed by atoms with Gasteiger partial charge >= 0.3 is 6.09 Å². The van der Waals surface area contributed by atoms with Crippen molar-refractivity contribution in [3.63, 3.8) is 0 Å². The molecule has 3 rings (SSSR count). The molecule has 1 saturated heterocycles. The van der Waals surface area contributed by atoms with Gasteiger partial charge in [-0.2, -0.15) is 0 Å². The van der Waals surface area contributed by atoms with Gasteiger partial charge in [-0.3, -0.25) is 4.79 Å². The van der Waals surface area contributed by atoms with Crippen molar-refractivity contribution in [2.24, 2.45) is 0 Å². The lowest BCUT2D eigenvalue weighted by molar-refractivity contribution is -0.138. The second-order valence-corrected chi connectivity index (χ2v) is 6.90. The van der Waals surface area contributed by atoms with Crippen LogP contribution in [0.15, 0.2) is 30.3 Å². The minimum absolute atomic E-state index is 0.0235. The van der Waals surface area contributed by atoms with Gasteiger partial charge in [-0.25, -0.2) is 4.79 Å². The number of carbonyl (C=O) groups is 2. The molecule has 142 valence electrons. The van der Waals surface area contributed by atoms with E-state index in [1.54, 1.807) is 12.0 Å². The number of nitrogens with zero attached hydrogens (tertiary/aromatic N) is 1. The van der Waals surface area contributed by atoms with E-state index in [9.17, 15) is 9.59 Å². The molecule has 7 heteroatoms. The van der Waals surface area contributed by atoms with Gasteiger partial charge in [0, 0.05) is 20.1 Å². The van der Waals surface area contributed by atoms with Crippen molar-refractivity contribution in [1.29, 1.82) is 0 Å². The van der Waals surface area contributed by atoms with E-state index in [4.69, 9.17) is 14.6 Å². The molecule has 26 heavy (non-hydrogen) atoms. The van der Waals surface area contributed by atoms with Crippen LogP contribution in [0.5, 0.6) is 0 Å². The van der Waals surface area contributed by atoms with Gasteiger partial charge in [0.15, 0.2) is 0 Å². The average molecular weight is 362 g/mol. The number of benzene rings is 1. The van der Waals surface area contributed by atoms with Crippen LogP contribution in [0.2, 0.25) is 0 Å². The normalized spacial score (nSPS) is 29.0. The summed E-state index contributed by atoms with van der Waals surface area (Å²) in [4.78, 5) is 25.1. The molecule has 0 aromatic heterocycles. The summed E-state index contributed by atoms with van der Waals surface area (Å²) in [6.07, 6.45) is 1.73. The Morgan fingerprint density at radius 3 is 2.73 bits per heavy atom. The number of ether oxygens (including phenoxy) is 2. The summed E-state index contributed by atoms with van der Waals surface area (Å²) < 4.78 is 11.7. The summed E-state index contributed by atoms with van der Waals surface area (Å²) in [5.74, 6) is -0.150. The molecule has 2 fully saturated rings. The molecular weight excluding hydrogens is 336 g/mol. The Bertz CT molecular complexity index is 624. The van der Waals surface area contributed by atoms with Crippen LogP contribution in [0, 0.1) is 0 Å². The third-order valence-corrected chi connectivity index (χ3v) is 5.28. The first kappa shape index (κ1) is 18.7. The Kier molecular flexibility index (Phi) is 6.11. The van der Waals surface area contributed by atoms with Crippen LogP contribution >= 0.6 is 0 Å². The van der Waals surface area contributed by atoms with Crippen LogP contribution < -0.4 is 5.32 Å². The number of carbonyl (C=O) groups excluding carboxylic acids is 1. The Morgan fingerprint density at radius 1 is 1.27 bits per heavy atom. The lowest BCUT2D eigenvalue weighted by Gasteiger charge is -2.40. The zero-order valence-electron chi connectivity index (χ0n) is 15.0. The molecule has 2 aliphatic rings. The molecule has 2 N–H and O–H groups in total. The maximum absolute atomic E-state index is 12.5. The van der Waals surface area contributed by atoms with Crippen molar-refractivity contribution >= 4 is 12.0 Å². The summed E-state index contributed by atoms with van der Waals surface area (Å²) in [6.45, 7) is 1.13. The van der Waals surface area contributed by atoms with E-state index < -0.39 is 12.1 Å². The molecule has 0 bridgehead atoms. The second-order valence-electron chi connectivity index (χ2n) is 6.90. The summed E-state index contributed by atoms with van der Waals surface area (Å²) in [5, 5.41) is 11.2. The van der Waals surface area contributed by atoms with Crippen molar-refractivity contribution < 1.29 is 24.2 Å². The number of rotatable bonds is 6. The number of amides is 2. The van der Waals surface area contributed by atoms with Crippen molar-refractivity contribution in [3.8, 4) is 0 Å². The summed E-state index contributed by atoms with van der Waals surface area (Å²) in [5.41, 5.74) is 1.14. The predicted octanol–water partition coefficient (Wildman–Crippen LogP) is 2.01. The predicted molar refractivity (Wildman–Crippen MR) is 94.7 cm³/mol. The first-order valence-electron chi connectivity index (χ1n) is 9.06. The molecule has 0 unspecified atom stereocenters. The third-order valence-electron chi connectivity index (χ3n) is 5.28. The van der Waals surface area contributed by atoms with E-state index >= 15 is 0 Å². The van der Waals surface area contributed by atoms with Crippen LogP contribution in [-0.2, 0) is 20.9 Å². The molecule has 0 radical (unpaired) electrons. The Balaban J connectivity index is 1.55. The van der Waals surface area contributed by atoms with E-state index in [2.05, 4.69) is 5.32 Å². The first-order valence-corrected chi connectivity index (χ1v) is 9.06.